The average Bonchev–Trinajstić information content (AvgIpc) is 2.65. The number of imidazole rings is 1. The van der Waals surface area contributed by atoms with Crippen LogP contribution in [0.3, 0.4) is 0 Å². The fourth-order valence-corrected chi connectivity index (χ4v) is 1.65. The van der Waals surface area contributed by atoms with E-state index in [2.05, 4.69) is 4.98 Å². The van der Waals surface area contributed by atoms with Gasteiger partial charge in [-0.1, -0.05) is 0 Å². The molecule has 4 nitrogen and oxygen atoms in total. The van der Waals surface area contributed by atoms with Crippen molar-refractivity contribution in [2.75, 3.05) is 5.73 Å². The molecule has 0 saturated heterocycles. The van der Waals surface area contributed by atoms with E-state index in [0.717, 1.165) is 11.5 Å². The van der Waals surface area contributed by atoms with Gasteiger partial charge in [-0.3, -0.25) is 4.79 Å². The van der Waals surface area contributed by atoms with E-state index in [9.17, 15) is 4.79 Å². The summed E-state index contributed by atoms with van der Waals surface area (Å²) in [4.78, 5) is 15.5. The van der Waals surface area contributed by atoms with Crippen LogP contribution in [-0.2, 0) is 0 Å². The molecule has 4 heteroatoms. The zero-order chi connectivity index (χ0) is 11.7. The highest BCUT2D eigenvalue weighted by Crippen LogP contribution is 2.18. The standard InChI is InChI=1S/C12H13N3O/c1-8(16)11-7-10(3-4-12(11)13)15-6-5-14-9(15)2/h3-7H,13H2,1-2H3. The number of hydrogen-bond acceptors (Lipinski definition) is 3. The fourth-order valence-electron chi connectivity index (χ4n) is 1.65. The van der Waals surface area contributed by atoms with Gasteiger partial charge in [-0.2, -0.15) is 0 Å². The Hall–Kier alpha value is -2.10. The first kappa shape index (κ1) is 10.4. The van der Waals surface area contributed by atoms with Crippen molar-refractivity contribution >= 4 is 11.5 Å². The van der Waals surface area contributed by atoms with Crippen molar-refractivity contribution in [3.05, 3.63) is 42.0 Å². The average molecular weight is 215 g/mol. The lowest BCUT2D eigenvalue weighted by atomic mass is 10.1. The van der Waals surface area contributed by atoms with Gasteiger partial charge in [0.25, 0.3) is 0 Å². The molecule has 16 heavy (non-hydrogen) atoms. The van der Waals surface area contributed by atoms with Crippen molar-refractivity contribution < 1.29 is 4.79 Å². The van der Waals surface area contributed by atoms with E-state index in [-0.39, 0.29) is 5.78 Å². The third-order valence-electron chi connectivity index (χ3n) is 2.52. The van der Waals surface area contributed by atoms with Crippen LogP contribution in [0.1, 0.15) is 23.1 Å². The molecule has 0 saturated carbocycles. The van der Waals surface area contributed by atoms with Gasteiger partial charge in [0.05, 0.1) is 0 Å². The summed E-state index contributed by atoms with van der Waals surface area (Å²) in [5.74, 6) is 0.844. The van der Waals surface area contributed by atoms with Crippen molar-refractivity contribution in [2.24, 2.45) is 0 Å². The summed E-state index contributed by atoms with van der Waals surface area (Å²) >= 11 is 0. The minimum absolute atomic E-state index is 0.0304. The number of Topliss-reactive ketones (excluding diaryl/α,β-unsaturated/α-hetero) is 1. The molecule has 1 aromatic carbocycles. The predicted molar refractivity (Wildman–Crippen MR) is 62.7 cm³/mol. The number of ketones is 1. The monoisotopic (exact) mass is 215 g/mol. The van der Waals surface area contributed by atoms with Crippen LogP contribution < -0.4 is 5.73 Å². The smallest absolute Gasteiger partial charge is 0.161 e. The zero-order valence-corrected chi connectivity index (χ0v) is 9.27. The number of anilines is 1. The fraction of sp³-hybridized carbons (Fsp3) is 0.167. The molecule has 0 amide bonds. The van der Waals surface area contributed by atoms with Gasteiger partial charge < -0.3 is 10.3 Å². The van der Waals surface area contributed by atoms with Gasteiger partial charge in [0.1, 0.15) is 5.82 Å². The summed E-state index contributed by atoms with van der Waals surface area (Å²) in [5, 5.41) is 0. The molecule has 0 bridgehead atoms. The molecule has 0 aliphatic heterocycles. The molecule has 0 fully saturated rings. The maximum atomic E-state index is 11.4. The maximum Gasteiger partial charge on any atom is 0.161 e. The van der Waals surface area contributed by atoms with E-state index in [1.165, 1.54) is 6.92 Å². The number of carbonyl (C=O) groups is 1. The highest BCUT2D eigenvalue weighted by Gasteiger charge is 2.07. The number of nitrogens with zero attached hydrogens (tertiary/aromatic N) is 2. The number of aryl methyl sites for hydroxylation is 1. The van der Waals surface area contributed by atoms with E-state index in [1.807, 2.05) is 23.8 Å². The van der Waals surface area contributed by atoms with E-state index >= 15 is 0 Å². The van der Waals surface area contributed by atoms with Crippen LogP contribution in [0.5, 0.6) is 0 Å². The van der Waals surface area contributed by atoms with E-state index in [0.29, 0.717) is 11.3 Å². The van der Waals surface area contributed by atoms with Gasteiger partial charge in [-0.05, 0) is 32.0 Å². The topological polar surface area (TPSA) is 60.9 Å². The van der Waals surface area contributed by atoms with E-state index < -0.39 is 0 Å². The number of carbonyl (C=O) groups excluding carboxylic acids is 1. The maximum absolute atomic E-state index is 11.4. The second-order valence-electron chi connectivity index (χ2n) is 3.67. The van der Waals surface area contributed by atoms with Crippen LogP contribution in [0.25, 0.3) is 5.69 Å². The summed E-state index contributed by atoms with van der Waals surface area (Å²) < 4.78 is 1.91. The Morgan fingerprint density at radius 3 is 2.75 bits per heavy atom. The van der Waals surface area contributed by atoms with Gasteiger partial charge in [0, 0.05) is 29.3 Å². The first-order chi connectivity index (χ1) is 7.59. The molecule has 1 aromatic heterocycles. The number of aromatic nitrogens is 2. The lowest BCUT2D eigenvalue weighted by Gasteiger charge is -2.08. The molecule has 0 aliphatic carbocycles. The lowest BCUT2D eigenvalue weighted by molar-refractivity contribution is 0.101. The van der Waals surface area contributed by atoms with Crippen LogP contribution in [0.2, 0.25) is 0 Å². The molecule has 2 aromatic rings. The molecule has 0 aliphatic rings. The van der Waals surface area contributed by atoms with Crippen molar-refractivity contribution in [3.8, 4) is 5.69 Å². The SMILES string of the molecule is CC(=O)c1cc(-n2ccnc2C)ccc1N. The minimum Gasteiger partial charge on any atom is -0.398 e. The van der Waals surface area contributed by atoms with E-state index in [4.69, 9.17) is 5.73 Å². The van der Waals surface area contributed by atoms with Gasteiger partial charge in [0.2, 0.25) is 0 Å². The van der Waals surface area contributed by atoms with Gasteiger partial charge in [-0.15, -0.1) is 0 Å². The molecule has 0 spiro atoms. The van der Waals surface area contributed by atoms with Gasteiger partial charge >= 0.3 is 0 Å². The normalized spacial score (nSPS) is 10.4. The molecule has 1 heterocycles. The molecular weight excluding hydrogens is 202 g/mol. The van der Waals surface area contributed by atoms with Crippen molar-refractivity contribution in [1.29, 1.82) is 0 Å². The molecule has 82 valence electrons. The Morgan fingerprint density at radius 2 is 2.19 bits per heavy atom. The van der Waals surface area contributed by atoms with Crippen LogP contribution in [-0.4, -0.2) is 15.3 Å². The first-order valence-corrected chi connectivity index (χ1v) is 5.00. The Balaban J connectivity index is 2.56. The highest BCUT2D eigenvalue weighted by molar-refractivity contribution is 5.99. The third-order valence-corrected chi connectivity index (χ3v) is 2.52. The first-order valence-electron chi connectivity index (χ1n) is 5.00. The van der Waals surface area contributed by atoms with Crippen LogP contribution >= 0.6 is 0 Å². The number of benzene rings is 1. The minimum atomic E-state index is -0.0304. The molecule has 0 radical (unpaired) electrons. The second-order valence-corrected chi connectivity index (χ2v) is 3.67. The van der Waals surface area contributed by atoms with Crippen molar-refractivity contribution in [1.82, 2.24) is 9.55 Å². The van der Waals surface area contributed by atoms with Crippen molar-refractivity contribution in [3.63, 3.8) is 0 Å². The van der Waals surface area contributed by atoms with Crippen LogP contribution in [0, 0.1) is 6.92 Å². The number of rotatable bonds is 2. The van der Waals surface area contributed by atoms with Gasteiger partial charge in [0.15, 0.2) is 5.78 Å². The quantitative estimate of drug-likeness (QED) is 0.615. The van der Waals surface area contributed by atoms with Crippen LogP contribution in [0.4, 0.5) is 5.69 Å². The Bertz CT molecular complexity index is 543. The van der Waals surface area contributed by atoms with E-state index in [1.54, 1.807) is 18.3 Å². The molecular formula is C12H13N3O. The summed E-state index contributed by atoms with van der Waals surface area (Å²) in [5.41, 5.74) is 7.69. The number of hydrogen-bond donors (Lipinski definition) is 1. The number of nitrogens with two attached hydrogens (primary N) is 1. The highest BCUT2D eigenvalue weighted by atomic mass is 16.1. The second kappa shape index (κ2) is 3.81. The number of nitrogen functional groups attached to an aromatic ring is 1. The van der Waals surface area contributed by atoms with Crippen molar-refractivity contribution in [2.45, 2.75) is 13.8 Å². The third kappa shape index (κ3) is 1.69. The van der Waals surface area contributed by atoms with Crippen LogP contribution in [0.15, 0.2) is 30.6 Å². The molecule has 0 unspecified atom stereocenters. The Morgan fingerprint density at radius 1 is 1.44 bits per heavy atom. The summed E-state index contributed by atoms with van der Waals surface area (Å²) in [6.45, 7) is 3.42. The predicted octanol–water partition coefficient (Wildman–Crippen LogP) is 1.97. The molecule has 2 N–H and O–H groups in total. The Labute approximate surface area is 93.7 Å². The molecule has 0 atom stereocenters. The van der Waals surface area contributed by atoms with Gasteiger partial charge in [-0.25, -0.2) is 4.98 Å². The lowest BCUT2D eigenvalue weighted by Crippen LogP contribution is -2.03. The Kier molecular flexibility index (Phi) is 2.48. The zero-order valence-electron chi connectivity index (χ0n) is 9.27. The summed E-state index contributed by atoms with van der Waals surface area (Å²) in [7, 11) is 0. The summed E-state index contributed by atoms with van der Waals surface area (Å²) in [6, 6.07) is 5.40. The largest absolute Gasteiger partial charge is 0.398 e. The summed E-state index contributed by atoms with van der Waals surface area (Å²) in [6.07, 6.45) is 3.57. The molecule has 2 rings (SSSR count).